The molecule has 3 N–H and O–H groups in total. The van der Waals surface area contributed by atoms with E-state index >= 15 is 0 Å². The molecule has 26 heavy (non-hydrogen) atoms. The second kappa shape index (κ2) is 6.72. The predicted octanol–water partition coefficient (Wildman–Crippen LogP) is 0.496. The molecule has 1 aromatic carbocycles. The fraction of sp³-hybridized carbons (Fsp3) is 0.526. The van der Waals surface area contributed by atoms with Crippen LogP contribution in [0.4, 0.5) is 4.79 Å². The van der Waals surface area contributed by atoms with Gasteiger partial charge in [0.15, 0.2) is 0 Å². The van der Waals surface area contributed by atoms with E-state index < -0.39 is 11.6 Å². The maximum atomic E-state index is 13.0. The second-order valence-electron chi connectivity index (χ2n) is 7.38. The number of carbonyl (C=O) groups excluding carboxylic acids is 3. The third-order valence-electron chi connectivity index (χ3n) is 5.76. The lowest BCUT2D eigenvalue weighted by molar-refractivity contribution is -0.135. The van der Waals surface area contributed by atoms with Gasteiger partial charge < -0.3 is 16.0 Å². The van der Waals surface area contributed by atoms with Crippen LogP contribution in [-0.4, -0.2) is 48.9 Å². The molecule has 2 heterocycles. The van der Waals surface area contributed by atoms with Gasteiger partial charge in [-0.2, -0.15) is 0 Å². The van der Waals surface area contributed by atoms with Crippen molar-refractivity contribution < 1.29 is 14.4 Å². The third kappa shape index (κ3) is 2.86. The maximum absolute atomic E-state index is 13.0. The minimum Gasteiger partial charge on any atom is -0.355 e. The number of aryl methyl sites for hydroxylation is 1. The van der Waals surface area contributed by atoms with E-state index in [2.05, 4.69) is 16.0 Å². The van der Waals surface area contributed by atoms with Gasteiger partial charge in [0.25, 0.3) is 5.91 Å². The van der Waals surface area contributed by atoms with Crippen molar-refractivity contribution in [2.24, 2.45) is 5.92 Å². The Morgan fingerprint density at radius 1 is 1.31 bits per heavy atom. The second-order valence-corrected chi connectivity index (χ2v) is 7.38. The SMILES string of the molecule is O=C(CN1C(=O)NC2(CCc3ccccc32)C1=O)NCCC1CCNC1. The van der Waals surface area contributed by atoms with Gasteiger partial charge in [-0.25, -0.2) is 4.79 Å². The minimum absolute atomic E-state index is 0.225. The monoisotopic (exact) mass is 356 g/mol. The summed E-state index contributed by atoms with van der Waals surface area (Å²) in [6, 6.07) is 7.20. The Kier molecular flexibility index (Phi) is 4.40. The summed E-state index contributed by atoms with van der Waals surface area (Å²) in [5.41, 5.74) is 0.941. The molecule has 1 spiro atoms. The Balaban J connectivity index is 1.38. The highest BCUT2D eigenvalue weighted by Gasteiger charge is 2.55. The van der Waals surface area contributed by atoms with Crippen molar-refractivity contribution in [1.82, 2.24) is 20.9 Å². The van der Waals surface area contributed by atoms with Crippen molar-refractivity contribution in [3.63, 3.8) is 0 Å². The van der Waals surface area contributed by atoms with E-state index in [1.807, 2.05) is 24.3 Å². The molecular weight excluding hydrogens is 332 g/mol. The molecule has 138 valence electrons. The minimum atomic E-state index is -0.997. The first kappa shape index (κ1) is 17.0. The van der Waals surface area contributed by atoms with Gasteiger partial charge in [0.2, 0.25) is 5.91 Å². The highest BCUT2D eigenvalue weighted by Crippen LogP contribution is 2.41. The molecular formula is C19H24N4O3. The van der Waals surface area contributed by atoms with Crippen LogP contribution < -0.4 is 16.0 Å². The van der Waals surface area contributed by atoms with Gasteiger partial charge in [-0.15, -0.1) is 0 Å². The Labute approximate surface area is 152 Å². The lowest BCUT2D eigenvalue weighted by Gasteiger charge is -2.22. The lowest BCUT2D eigenvalue weighted by Crippen LogP contribution is -2.44. The Hall–Kier alpha value is -2.41. The van der Waals surface area contributed by atoms with E-state index in [4.69, 9.17) is 0 Å². The van der Waals surface area contributed by atoms with Crippen LogP contribution in [0.25, 0.3) is 0 Å². The van der Waals surface area contributed by atoms with Crippen LogP contribution in [0.1, 0.15) is 30.4 Å². The number of rotatable bonds is 5. The quantitative estimate of drug-likeness (QED) is 0.670. The number of imide groups is 1. The first-order chi connectivity index (χ1) is 12.6. The molecule has 1 aromatic rings. The zero-order valence-electron chi connectivity index (χ0n) is 14.7. The number of carbonyl (C=O) groups is 3. The highest BCUT2D eigenvalue weighted by molar-refractivity contribution is 6.09. The molecule has 1 aliphatic carbocycles. The van der Waals surface area contributed by atoms with Gasteiger partial charge in [0.05, 0.1) is 0 Å². The summed E-state index contributed by atoms with van der Waals surface area (Å²) in [6.45, 7) is 2.37. The van der Waals surface area contributed by atoms with Crippen molar-refractivity contribution in [3.05, 3.63) is 35.4 Å². The summed E-state index contributed by atoms with van der Waals surface area (Å²) < 4.78 is 0. The van der Waals surface area contributed by atoms with Crippen LogP contribution in [0.3, 0.4) is 0 Å². The molecule has 2 aliphatic heterocycles. The highest BCUT2D eigenvalue weighted by atomic mass is 16.2. The molecule has 2 fully saturated rings. The Morgan fingerprint density at radius 2 is 2.15 bits per heavy atom. The van der Waals surface area contributed by atoms with Crippen LogP contribution in [0.15, 0.2) is 24.3 Å². The molecule has 7 heteroatoms. The first-order valence-electron chi connectivity index (χ1n) is 9.30. The number of nitrogens with zero attached hydrogens (tertiary/aromatic N) is 1. The van der Waals surface area contributed by atoms with Crippen molar-refractivity contribution >= 4 is 17.8 Å². The first-order valence-corrected chi connectivity index (χ1v) is 9.30. The van der Waals surface area contributed by atoms with Crippen LogP contribution in [-0.2, 0) is 21.5 Å². The molecule has 0 bridgehead atoms. The average Bonchev–Trinajstić information content (AvgIpc) is 3.33. The molecule has 2 atom stereocenters. The smallest absolute Gasteiger partial charge is 0.325 e. The summed E-state index contributed by atoms with van der Waals surface area (Å²) in [5, 5.41) is 8.97. The van der Waals surface area contributed by atoms with Gasteiger partial charge in [0, 0.05) is 6.54 Å². The normalized spacial score (nSPS) is 27.1. The molecule has 0 aromatic heterocycles. The Bertz CT molecular complexity index is 744. The fourth-order valence-corrected chi connectivity index (χ4v) is 4.31. The van der Waals surface area contributed by atoms with Crippen molar-refractivity contribution in [1.29, 1.82) is 0 Å². The van der Waals surface area contributed by atoms with Crippen molar-refractivity contribution in [3.8, 4) is 0 Å². The zero-order chi connectivity index (χ0) is 18.1. The standard InChI is InChI=1S/C19H24N4O3/c24-16(21-10-7-13-6-9-20-11-13)12-23-17(25)19(22-18(23)26)8-5-14-3-1-2-4-15(14)19/h1-4,13,20H,5-12H2,(H,21,24)(H,22,26). The van der Waals surface area contributed by atoms with Crippen molar-refractivity contribution in [2.45, 2.75) is 31.2 Å². The van der Waals surface area contributed by atoms with Crippen LogP contribution in [0.5, 0.6) is 0 Å². The van der Waals surface area contributed by atoms with E-state index in [1.165, 1.54) is 0 Å². The lowest BCUT2D eigenvalue weighted by atomic mass is 9.92. The molecule has 0 saturated carbocycles. The summed E-state index contributed by atoms with van der Waals surface area (Å²) in [5.74, 6) is -0.0179. The average molecular weight is 356 g/mol. The van der Waals surface area contributed by atoms with Gasteiger partial charge in [-0.05, 0) is 55.8 Å². The molecule has 4 amide bonds. The predicted molar refractivity (Wildman–Crippen MR) is 95.3 cm³/mol. The van der Waals surface area contributed by atoms with Crippen LogP contribution in [0.2, 0.25) is 0 Å². The van der Waals surface area contributed by atoms with E-state index in [-0.39, 0.29) is 18.4 Å². The third-order valence-corrected chi connectivity index (χ3v) is 5.76. The van der Waals surface area contributed by atoms with Gasteiger partial charge in [-0.3, -0.25) is 14.5 Å². The largest absolute Gasteiger partial charge is 0.355 e. The van der Waals surface area contributed by atoms with E-state index in [0.717, 1.165) is 48.4 Å². The topological polar surface area (TPSA) is 90.5 Å². The fourth-order valence-electron chi connectivity index (χ4n) is 4.31. The summed E-state index contributed by atoms with van der Waals surface area (Å²) in [6.07, 6.45) is 3.34. The molecule has 2 saturated heterocycles. The summed E-state index contributed by atoms with van der Waals surface area (Å²) in [7, 11) is 0. The number of fused-ring (bicyclic) bond motifs is 2. The number of nitrogens with one attached hydrogen (secondary N) is 3. The van der Waals surface area contributed by atoms with Gasteiger partial charge in [0.1, 0.15) is 12.1 Å². The number of hydrogen-bond donors (Lipinski definition) is 3. The molecule has 0 radical (unpaired) electrons. The number of hydrogen-bond acceptors (Lipinski definition) is 4. The molecule has 2 unspecified atom stereocenters. The van der Waals surface area contributed by atoms with Gasteiger partial charge in [-0.1, -0.05) is 24.3 Å². The van der Waals surface area contributed by atoms with Gasteiger partial charge >= 0.3 is 6.03 Å². The summed E-state index contributed by atoms with van der Waals surface area (Å²) in [4.78, 5) is 38.6. The van der Waals surface area contributed by atoms with Crippen molar-refractivity contribution in [2.75, 3.05) is 26.2 Å². The van der Waals surface area contributed by atoms with E-state index in [0.29, 0.717) is 18.9 Å². The molecule has 7 nitrogen and oxygen atoms in total. The molecule has 3 aliphatic rings. The number of urea groups is 1. The van der Waals surface area contributed by atoms with E-state index in [9.17, 15) is 14.4 Å². The number of benzene rings is 1. The van der Waals surface area contributed by atoms with E-state index in [1.54, 1.807) is 0 Å². The number of amides is 4. The zero-order valence-corrected chi connectivity index (χ0v) is 14.7. The maximum Gasteiger partial charge on any atom is 0.325 e. The molecule has 4 rings (SSSR count). The van der Waals surface area contributed by atoms with Crippen LogP contribution >= 0.6 is 0 Å². The Morgan fingerprint density at radius 3 is 2.96 bits per heavy atom. The summed E-state index contributed by atoms with van der Waals surface area (Å²) >= 11 is 0. The van der Waals surface area contributed by atoms with Crippen LogP contribution in [0, 0.1) is 5.92 Å².